The summed E-state index contributed by atoms with van der Waals surface area (Å²) in [6.45, 7) is 7.92. The monoisotopic (exact) mass is 601 g/mol. The summed E-state index contributed by atoms with van der Waals surface area (Å²) in [5.74, 6) is -0.307. The molecule has 3 rings (SSSR count). The van der Waals surface area contributed by atoms with Gasteiger partial charge in [0.15, 0.2) is 12.1 Å². The predicted octanol–water partition coefficient (Wildman–Crippen LogP) is 4.91. The number of fused-ring (bicyclic) bond motifs is 1. The minimum Gasteiger partial charge on any atom is -0.455 e. The molecule has 2 heterocycles. The SMILES string of the molecule is COC(OC)C(C)Oc1nc(N2CCN(C(=O)OC(C)(C)C)[C@@H](CC#N)C2)c2cc(Cl)c(Br)c(F)c2n1. The van der Waals surface area contributed by atoms with Crippen LogP contribution in [0.15, 0.2) is 10.5 Å². The van der Waals surface area contributed by atoms with Crippen molar-refractivity contribution < 1.29 is 28.1 Å². The van der Waals surface area contributed by atoms with Gasteiger partial charge in [0.2, 0.25) is 0 Å². The third-order valence-electron chi connectivity index (χ3n) is 5.66. The lowest BCUT2D eigenvalue weighted by Gasteiger charge is -2.41. The van der Waals surface area contributed by atoms with Gasteiger partial charge < -0.3 is 28.7 Å². The average Bonchev–Trinajstić information content (AvgIpc) is 2.82. The number of ether oxygens (including phenoxy) is 4. The first-order chi connectivity index (χ1) is 17.4. The molecule has 2 atom stereocenters. The Morgan fingerprint density at radius 3 is 2.59 bits per heavy atom. The molecular weight excluding hydrogens is 573 g/mol. The van der Waals surface area contributed by atoms with Gasteiger partial charge in [0.05, 0.1) is 28.0 Å². The van der Waals surface area contributed by atoms with Crippen molar-refractivity contribution in [1.29, 1.82) is 5.26 Å². The molecule has 10 nitrogen and oxygen atoms in total. The number of anilines is 1. The lowest BCUT2D eigenvalue weighted by molar-refractivity contribution is -0.152. The number of carbonyl (C=O) groups excluding carboxylic acids is 1. The van der Waals surface area contributed by atoms with Crippen LogP contribution in [0.4, 0.5) is 15.0 Å². The number of hydrogen-bond donors (Lipinski definition) is 0. The van der Waals surface area contributed by atoms with Gasteiger partial charge in [-0.25, -0.2) is 9.18 Å². The Morgan fingerprint density at radius 2 is 2.00 bits per heavy atom. The summed E-state index contributed by atoms with van der Waals surface area (Å²) < 4.78 is 37.2. The van der Waals surface area contributed by atoms with Crippen molar-refractivity contribution in [2.75, 3.05) is 38.8 Å². The molecule has 1 fully saturated rings. The van der Waals surface area contributed by atoms with Crippen LogP contribution in [-0.4, -0.2) is 78.9 Å². The topological polar surface area (TPSA) is 110 Å². The summed E-state index contributed by atoms with van der Waals surface area (Å²) in [5, 5.41) is 9.95. The second kappa shape index (κ2) is 11.9. The van der Waals surface area contributed by atoms with Crippen molar-refractivity contribution in [3.05, 3.63) is 21.4 Å². The van der Waals surface area contributed by atoms with Gasteiger partial charge in [0.25, 0.3) is 0 Å². The van der Waals surface area contributed by atoms with E-state index in [0.717, 1.165) is 0 Å². The van der Waals surface area contributed by atoms with E-state index in [2.05, 4.69) is 32.0 Å². The molecule has 0 N–H and O–H groups in total. The molecule has 0 spiro atoms. The van der Waals surface area contributed by atoms with Crippen molar-refractivity contribution in [3.8, 4) is 12.1 Å². The fourth-order valence-corrected chi connectivity index (χ4v) is 4.51. The fourth-order valence-electron chi connectivity index (χ4n) is 4.02. The Bertz CT molecular complexity index is 1190. The maximum absolute atomic E-state index is 15.3. The first-order valence-electron chi connectivity index (χ1n) is 11.6. The van der Waals surface area contributed by atoms with Gasteiger partial charge >= 0.3 is 12.1 Å². The molecule has 37 heavy (non-hydrogen) atoms. The summed E-state index contributed by atoms with van der Waals surface area (Å²) >= 11 is 9.44. The number of carbonyl (C=O) groups is 1. The van der Waals surface area contributed by atoms with Crippen LogP contribution in [0.5, 0.6) is 6.01 Å². The van der Waals surface area contributed by atoms with E-state index in [9.17, 15) is 10.1 Å². The number of nitriles is 1. The van der Waals surface area contributed by atoms with Crippen LogP contribution in [0.2, 0.25) is 5.02 Å². The molecule has 1 aromatic heterocycles. The molecule has 1 saturated heterocycles. The number of benzene rings is 1. The van der Waals surface area contributed by atoms with Crippen molar-refractivity contribution in [2.45, 2.75) is 58.2 Å². The zero-order valence-corrected chi connectivity index (χ0v) is 23.9. The molecule has 202 valence electrons. The summed E-state index contributed by atoms with van der Waals surface area (Å²) in [7, 11) is 2.94. The second-order valence-corrected chi connectivity index (χ2v) is 10.7. The number of nitrogens with zero attached hydrogens (tertiary/aromatic N) is 5. The van der Waals surface area contributed by atoms with Gasteiger partial charge in [-0.3, -0.25) is 0 Å². The molecule has 2 aromatic rings. The smallest absolute Gasteiger partial charge is 0.410 e. The zero-order valence-electron chi connectivity index (χ0n) is 21.5. The van der Waals surface area contributed by atoms with Gasteiger partial charge in [0, 0.05) is 39.2 Å². The minimum absolute atomic E-state index is 0.00117. The molecule has 13 heteroatoms. The highest BCUT2D eigenvalue weighted by Crippen LogP contribution is 2.37. The van der Waals surface area contributed by atoms with E-state index < -0.39 is 35.9 Å². The average molecular weight is 603 g/mol. The lowest BCUT2D eigenvalue weighted by Crippen LogP contribution is -2.56. The molecule has 1 aliphatic rings. The van der Waals surface area contributed by atoms with Crippen LogP contribution >= 0.6 is 27.5 Å². The lowest BCUT2D eigenvalue weighted by atomic mass is 10.1. The number of hydrogen-bond acceptors (Lipinski definition) is 9. The number of piperazine rings is 1. The molecule has 0 aliphatic carbocycles. The van der Waals surface area contributed by atoms with Crippen molar-refractivity contribution in [1.82, 2.24) is 14.9 Å². The highest BCUT2D eigenvalue weighted by molar-refractivity contribution is 9.10. The van der Waals surface area contributed by atoms with Gasteiger partial charge in [-0.1, -0.05) is 11.6 Å². The Labute approximate surface area is 228 Å². The zero-order chi connectivity index (χ0) is 27.5. The first kappa shape index (κ1) is 29.1. The third kappa shape index (κ3) is 6.71. The largest absolute Gasteiger partial charge is 0.455 e. The molecule has 0 saturated carbocycles. The van der Waals surface area contributed by atoms with Crippen LogP contribution in [0.1, 0.15) is 34.1 Å². The minimum atomic E-state index is -0.707. The third-order valence-corrected chi connectivity index (χ3v) is 6.96. The van der Waals surface area contributed by atoms with Crippen LogP contribution in [-0.2, 0) is 14.2 Å². The van der Waals surface area contributed by atoms with E-state index in [1.54, 1.807) is 38.7 Å². The first-order valence-corrected chi connectivity index (χ1v) is 12.8. The van der Waals surface area contributed by atoms with Crippen molar-refractivity contribution >= 4 is 50.3 Å². The molecule has 1 amide bonds. The van der Waals surface area contributed by atoms with Gasteiger partial charge in [-0.2, -0.15) is 15.2 Å². The second-order valence-electron chi connectivity index (χ2n) is 9.51. The summed E-state index contributed by atoms with van der Waals surface area (Å²) in [6.07, 6.45) is -1.75. The summed E-state index contributed by atoms with van der Waals surface area (Å²) in [4.78, 5) is 25.1. The highest BCUT2D eigenvalue weighted by atomic mass is 79.9. The number of amides is 1. The summed E-state index contributed by atoms with van der Waals surface area (Å²) in [5.41, 5.74) is -0.678. The van der Waals surface area contributed by atoms with Gasteiger partial charge in [-0.15, -0.1) is 0 Å². The maximum Gasteiger partial charge on any atom is 0.410 e. The molecule has 0 bridgehead atoms. The van der Waals surface area contributed by atoms with Crippen LogP contribution in [0.25, 0.3) is 10.9 Å². The summed E-state index contributed by atoms with van der Waals surface area (Å²) in [6, 6.07) is 3.13. The number of aromatic nitrogens is 2. The number of rotatable bonds is 7. The molecular formula is C24H30BrClFN5O5. The van der Waals surface area contributed by atoms with Crippen molar-refractivity contribution in [3.63, 3.8) is 0 Å². The Kier molecular flexibility index (Phi) is 9.39. The van der Waals surface area contributed by atoms with E-state index >= 15 is 4.39 Å². The maximum atomic E-state index is 15.3. The number of halogens is 3. The van der Waals surface area contributed by atoms with Crippen LogP contribution in [0.3, 0.4) is 0 Å². The van der Waals surface area contributed by atoms with Gasteiger partial charge in [-0.05, 0) is 49.7 Å². The highest BCUT2D eigenvalue weighted by Gasteiger charge is 2.35. The van der Waals surface area contributed by atoms with E-state index in [1.807, 2.05) is 4.90 Å². The van der Waals surface area contributed by atoms with Crippen LogP contribution in [0, 0.1) is 17.1 Å². The standard InChI is InChI=1S/C24H30BrClFN5O5/c1-13(21(34-5)35-6)36-22-29-19-15(11-16(26)17(25)18(19)27)20(30-22)31-9-10-32(14(12-31)7-8-28)23(33)37-24(2,3)4/h11,13-14,21H,7,9-10,12H2,1-6H3/t13?,14-/m0/s1. The normalized spacial score (nSPS) is 17.2. The predicted molar refractivity (Wildman–Crippen MR) is 139 cm³/mol. The van der Waals surface area contributed by atoms with Crippen LogP contribution < -0.4 is 9.64 Å². The number of methoxy groups -OCH3 is 2. The fraction of sp³-hybridized carbons (Fsp3) is 0.583. The van der Waals surface area contributed by atoms with Crippen molar-refractivity contribution in [2.24, 2.45) is 0 Å². The Hall–Kier alpha value is -2.46. The molecule has 1 aliphatic heterocycles. The van der Waals surface area contributed by atoms with Gasteiger partial charge in [0.1, 0.15) is 23.0 Å². The van der Waals surface area contributed by atoms with E-state index in [-0.39, 0.29) is 40.5 Å². The molecule has 0 radical (unpaired) electrons. The van der Waals surface area contributed by atoms with E-state index in [0.29, 0.717) is 17.7 Å². The molecule has 1 unspecified atom stereocenters. The van der Waals surface area contributed by atoms with E-state index in [1.165, 1.54) is 14.2 Å². The Morgan fingerprint density at radius 1 is 1.32 bits per heavy atom. The quantitative estimate of drug-likeness (QED) is 0.322. The Balaban J connectivity index is 2.03. The van der Waals surface area contributed by atoms with E-state index in [4.69, 9.17) is 30.5 Å². The molecule has 1 aromatic carbocycles.